The van der Waals surface area contributed by atoms with Crippen molar-refractivity contribution in [3.63, 3.8) is 0 Å². The van der Waals surface area contributed by atoms with Gasteiger partial charge in [0.2, 0.25) is 0 Å². The largest absolute Gasteiger partial charge is 0.382 e. The van der Waals surface area contributed by atoms with Crippen LogP contribution in [0.15, 0.2) is 23.3 Å². The highest BCUT2D eigenvalue weighted by atomic mass is 19.1. The second-order valence-electron chi connectivity index (χ2n) is 2.50. The van der Waals surface area contributed by atoms with Gasteiger partial charge in [-0.25, -0.2) is 4.39 Å². The fourth-order valence-electron chi connectivity index (χ4n) is 0.905. The van der Waals surface area contributed by atoms with E-state index in [4.69, 9.17) is 11.6 Å². The van der Waals surface area contributed by atoms with E-state index in [0.29, 0.717) is 0 Å². The Balaban J connectivity index is 3.23. The number of hydrogen-bond acceptors (Lipinski definition) is 2. The molecule has 64 valence electrons. The van der Waals surface area contributed by atoms with Crippen molar-refractivity contribution in [2.45, 2.75) is 6.92 Å². The lowest BCUT2D eigenvalue weighted by Crippen LogP contribution is -2.17. The Hall–Kier alpha value is -1.58. The quantitative estimate of drug-likeness (QED) is 0.280. The summed E-state index contributed by atoms with van der Waals surface area (Å²) in [4.78, 5) is 0. The lowest BCUT2D eigenvalue weighted by Gasteiger charge is -2.01. The molecule has 0 aliphatic heterocycles. The van der Waals surface area contributed by atoms with Gasteiger partial charge in [-0.15, -0.1) is 0 Å². The highest BCUT2D eigenvalue weighted by Gasteiger charge is 2.05. The number of nitrogens with zero attached hydrogens (tertiary/aromatic N) is 1. The molecule has 0 saturated heterocycles. The minimum atomic E-state index is -0.410. The summed E-state index contributed by atoms with van der Waals surface area (Å²) in [6.07, 6.45) is 0. The average molecular weight is 167 g/mol. The number of rotatable bonds is 1. The highest BCUT2D eigenvalue weighted by molar-refractivity contribution is 5.97. The van der Waals surface area contributed by atoms with Crippen LogP contribution in [0, 0.1) is 12.7 Å². The van der Waals surface area contributed by atoms with Crippen molar-refractivity contribution in [2.75, 3.05) is 0 Å². The molecular weight excluding hydrogens is 157 g/mol. The molecule has 0 saturated carbocycles. The van der Waals surface area contributed by atoms with Crippen molar-refractivity contribution in [3.05, 3.63) is 35.1 Å². The molecule has 0 aliphatic rings. The summed E-state index contributed by atoms with van der Waals surface area (Å²) in [5.74, 6) is 4.52. The maximum absolute atomic E-state index is 13.0. The van der Waals surface area contributed by atoms with E-state index in [9.17, 15) is 4.39 Å². The second kappa shape index (κ2) is 3.21. The van der Waals surface area contributed by atoms with E-state index in [2.05, 4.69) is 5.10 Å². The number of hydrogen-bond donors (Lipinski definition) is 2. The van der Waals surface area contributed by atoms with Crippen molar-refractivity contribution in [1.29, 1.82) is 0 Å². The van der Waals surface area contributed by atoms with Gasteiger partial charge in [-0.2, -0.15) is 5.10 Å². The van der Waals surface area contributed by atoms with E-state index in [0.717, 1.165) is 5.56 Å². The summed E-state index contributed by atoms with van der Waals surface area (Å²) in [6.45, 7) is 1.84. The Morgan fingerprint density at radius 2 is 2.17 bits per heavy atom. The zero-order valence-corrected chi connectivity index (χ0v) is 6.71. The van der Waals surface area contributed by atoms with Crippen LogP contribution in [-0.4, -0.2) is 5.84 Å². The molecule has 0 spiro atoms. The van der Waals surface area contributed by atoms with Crippen LogP contribution in [-0.2, 0) is 0 Å². The summed E-state index contributed by atoms with van der Waals surface area (Å²) in [6, 6.07) is 4.59. The Bertz CT molecular complexity index is 320. The van der Waals surface area contributed by atoms with Crippen LogP contribution in [0.4, 0.5) is 4.39 Å². The van der Waals surface area contributed by atoms with Crippen molar-refractivity contribution < 1.29 is 4.39 Å². The van der Waals surface area contributed by atoms with Gasteiger partial charge < -0.3 is 11.6 Å². The summed E-state index contributed by atoms with van der Waals surface area (Å²) in [5.41, 5.74) is 6.51. The van der Waals surface area contributed by atoms with Gasteiger partial charge in [-0.3, -0.25) is 0 Å². The minimum Gasteiger partial charge on any atom is -0.382 e. The number of hydrazone groups is 1. The van der Waals surface area contributed by atoms with E-state index in [1.54, 1.807) is 12.1 Å². The third-order valence-corrected chi connectivity index (χ3v) is 1.54. The molecule has 1 aromatic carbocycles. The summed E-state index contributed by atoms with van der Waals surface area (Å²) in [5, 5.41) is 3.22. The maximum atomic E-state index is 13.0. The molecule has 0 fully saturated rings. The predicted octanol–water partition coefficient (Wildman–Crippen LogP) is 0.713. The lowest BCUT2D eigenvalue weighted by molar-refractivity contribution is 0.624. The number of benzene rings is 1. The molecule has 1 rings (SSSR count). The first-order valence-corrected chi connectivity index (χ1v) is 3.45. The third kappa shape index (κ3) is 1.53. The van der Waals surface area contributed by atoms with Gasteiger partial charge in [-0.05, 0) is 19.1 Å². The zero-order chi connectivity index (χ0) is 9.14. The number of nitrogens with two attached hydrogens (primary N) is 2. The van der Waals surface area contributed by atoms with E-state index < -0.39 is 5.82 Å². The maximum Gasteiger partial charge on any atom is 0.153 e. The molecule has 12 heavy (non-hydrogen) atoms. The van der Waals surface area contributed by atoms with Gasteiger partial charge in [0, 0.05) is 0 Å². The van der Waals surface area contributed by atoms with Gasteiger partial charge in [-0.1, -0.05) is 11.6 Å². The second-order valence-corrected chi connectivity index (χ2v) is 2.50. The molecule has 1 aromatic rings. The van der Waals surface area contributed by atoms with E-state index >= 15 is 0 Å². The topological polar surface area (TPSA) is 64.4 Å². The Morgan fingerprint density at radius 3 is 2.75 bits per heavy atom. The number of aryl methyl sites for hydroxylation is 1. The van der Waals surface area contributed by atoms with Crippen LogP contribution in [0.3, 0.4) is 0 Å². The van der Waals surface area contributed by atoms with E-state index in [1.807, 2.05) is 6.92 Å². The first-order valence-electron chi connectivity index (χ1n) is 3.45. The molecule has 3 nitrogen and oxygen atoms in total. The Kier molecular flexibility index (Phi) is 2.28. The molecule has 4 N–H and O–H groups in total. The molecule has 0 aliphatic carbocycles. The molecule has 0 bridgehead atoms. The normalized spacial score (nSPS) is 11.7. The monoisotopic (exact) mass is 167 g/mol. The van der Waals surface area contributed by atoms with Crippen molar-refractivity contribution in [1.82, 2.24) is 0 Å². The SMILES string of the molecule is Cc1ccc(F)c(C(N)=NN)c1. The molecule has 0 unspecified atom stereocenters. The minimum absolute atomic E-state index is 0.0104. The van der Waals surface area contributed by atoms with E-state index in [-0.39, 0.29) is 11.4 Å². The number of amidine groups is 1. The molecule has 0 radical (unpaired) electrons. The fourth-order valence-corrected chi connectivity index (χ4v) is 0.905. The fraction of sp³-hybridized carbons (Fsp3) is 0.125. The van der Waals surface area contributed by atoms with Crippen LogP contribution in [0.25, 0.3) is 0 Å². The molecule has 0 aromatic heterocycles. The Morgan fingerprint density at radius 1 is 1.50 bits per heavy atom. The molecule has 0 heterocycles. The van der Waals surface area contributed by atoms with Gasteiger partial charge in [0.1, 0.15) is 5.82 Å². The summed E-state index contributed by atoms with van der Waals surface area (Å²) in [7, 11) is 0. The van der Waals surface area contributed by atoms with Gasteiger partial charge in [0.15, 0.2) is 5.84 Å². The summed E-state index contributed by atoms with van der Waals surface area (Å²) >= 11 is 0. The van der Waals surface area contributed by atoms with Gasteiger partial charge >= 0.3 is 0 Å². The van der Waals surface area contributed by atoms with Crippen LogP contribution in [0.5, 0.6) is 0 Å². The van der Waals surface area contributed by atoms with E-state index in [1.165, 1.54) is 6.07 Å². The van der Waals surface area contributed by atoms with Crippen LogP contribution in [0.1, 0.15) is 11.1 Å². The first-order chi connectivity index (χ1) is 5.65. The van der Waals surface area contributed by atoms with Crippen molar-refractivity contribution in [3.8, 4) is 0 Å². The van der Waals surface area contributed by atoms with Crippen LogP contribution >= 0.6 is 0 Å². The lowest BCUT2D eigenvalue weighted by atomic mass is 10.1. The Labute approximate surface area is 69.9 Å². The van der Waals surface area contributed by atoms with Crippen molar-refractivity contribution in [2.24, 2.45) is 16.7 Å². The standard InChI is InChI=1S/C8H10FN3/c1-5-2-3-7(9)6(4-5)8(10)12-11/h2-4H,11H2,1H3,(H2,10,12). The first kappa shape index (κ1) is 8.52. The third-order valence-electron chi connectivity index (χ3n) is 1.54. The predicted molar refractivity (Wildman–Crippen MR) is 46.0 cm³/mol. The van der Waals surface area contributed by atoms with Crippen LogP contribution in [0.2, 0.25) is 0 Å². The van der Waals surface area contributed by atoms with Gasteiger partial charge in [0.25, 0.3) is 0 Å². The smallest absolute Gasteiger partial charge is 0.153 e. The molecule has 4 heteroatoms. The molecular formula is C8H10FN3. The number of halogens is 1. The van der Waals surface area contributed by atoms with Gasteiger partial charge in [0.05, 0.1) is 5.56 Å². The average Bonchev–Trinajstić information content (AvgIpc) is 2.08. The zero-order valence-electron chi connectivity index (χ0n) is 6.71. The summed E-state index contributed by atoms with van der Waals surface area (Å²) < 4.78 is 13.0. The highest BCUT2D eigenvalue weighted by Crippen LogP contribution is 2.08. The molecule has 0 amide bonds. The van der Waals surface area contributed by atoms with Crippen LogP contribution < -0.4 is 11.6 Å². The molecule has 0 atom stereocenters. The van der Waals surface area contributed by atoms with Crippen molar-refractivity contribution >= 4 is 5.84 Å².